The molecular weight excluding hydrogens is 416 g/mol. The summed E-state index contributed by atoms with van der Waals surface area (Å²) in [5.74, 6) is 1.03. The monoisotopic (exact) mass is 450 g/mol. The van der Waals surface area contributed by atoms with Crippen molar-refractivity contribution in [3.05, 3.63) is 59.8 Å². The first-order chi connectivity index (χ1) is 16.1. The summed E-state index contributed by atoms with van der Waals surface area (Å²) in [6.07, 6.45) is 7.34. The minimum atomic E-state index is -0.392. The Bertz CT molecular complexity index is 911. The molecule has 2 aliphatic rings. The van der Waals surface area contributed by atoms with E-state index in [1.54, 1.807) is 0 Å². The van der Waals surface area contributed by atoms with Crippen LogP contribution in [-0.4, -0.2) is 42.0 Å². The summed E-state index contributed by atoms with van der Waals surface area (Å²) in [6.45, 7) is 1.97. The molecule has 1 saturated carbocycles. The van der Waals surface area contributed by atoms with Crippen LogP contribution in [0.5, 0.6) is 0 Å². The van der Waals surface area contributed by atoms with Gasteiger partial charge >= 0.3 is 6.09 Å². The summed E-state index contributed by atoms with van der Waals surface area (Å²) in [5.41, 5.74) is 2.18. The maximum atomic E-state index is 12.7. The second-order valence-electron chi connectivity index (χ2n) is 9.26. The molecule has 0 radical (unpaired) electrons. The Kier molecular flexibility index (Phi) is 7.94. The lowest BCUT2D eigenvalue weighted by molar-refractivity contribution is -0.121. The van der Waals surface area contributed by atoms with Crippen LogP contribution in [0.25, 0.3) is 0 Å². The van der Waals surface area contributed by atoms with Crippen molar-refractivity contribution in [3.63, 3.8) is 0 Å². The van der Waals surface area contributed by atoms with Gasteiger partial charge in [-0.2, -0.15) is 0 Å². The molecule has 1 aliphatic heterocycles. The van der Waals surface area contributed by atoms with Gasteiger partial charge in [0.15, 0.2) is 0 Å². The Morgan fingerprint density at radius 1 is 1.06 bits per heavy atom. The zero-order valence-corrected chi connectivity index (χ0v) is 19.3. The maximum absolute atomic E-state index is 12.7. The molecule has 176 valence electrons. The number of benzene rings is 1. The van der Waals surface area contributed by atoms with Gasteiger partial charge in [0.05, 0.1) is 0 Å². The molecule has 7 nitrogen and oxygen atoms in total. The third-order valence-electron chi connectivity index (χ3n) is 6.91. The SMILES string of the molecule is CN1CCCC1c1ccc(NC(=O)[C@H]2CC[C@H](CNC(=O)OCc3ccccc3)CC2)nc1. The van der Waals surface area contributed by atoms with E-state index in [4.69, 9.17) is 4.74 Å². The van der Waals surface area contributed by atoms with E-state index >= 15 is 0 Å². The van der Waals surface area contributed by atoms with Crippen LogP contribution in [0.1, 0.15) is 55.7 Å². The van der Waals surface area contributed by atoms with E-state index < -0.39 is 6.09 Å². The van der Waals surface area contributed by atoms with Crippen molar-refractivity contribution in [2.24, 2.45) is 11.8 Å². The first kappa shape index (κ1) is 23.2. The number of rotatable bonds is 7. The van der Waals surface area contributed by atoms with Crippen molar-refractivity contribution >= 4 is 17.8 Å². The third-order valence-corrected chi connectivity index (χ3v) is 6.91. The normalized spacial score (nSPS) is 23.1. The molecule has 7 heteroatoms. The lowest BCUT2D eigenvalue weighted by atomic mass is 9.81. The topological polar surface area (TPSA) is 83.6 Å². The van der Waals surface area contributed by atoms with Crippen LogP contribution in [0.4, 0.5) is 10.6 Å². The molecule has 1 unspecified atom stereocenters. The number of pyridine rings is 1. The van der Waals surface area contributed by atoms with E-state index in [9.17, 15) is 9.59 Å². The second kappa shape index (κ2) is 11.3. The van der Waals surface area contributed by atoms with Crippen LogP contribution in [0.2, 0.25) is 0 Å². The number of carbonyl (C=O) groups is 2. The molecule has 1 aliphatic carbocycles. The number of alkyl carbamates (subject to hydrolysis) is 1. The number of hydrogen-bond donors (Lipinski definition) is 2. The van der Waals surface area contributed by atoms with Crippen molar-refractivity contribution in [1.82, 2.24) is 15.2 Å². The molecule has 2 aromatic rings. The summed E-state index contributed by atoms with van der Waals surface area (Å²) >= 11 is 0. The molecule has 2 N–H and O–H groups in total. The Balaban J connectivity index is 1.15. The molecule has 0 bridgehead atoms. The molecule has 1 saturated heterocycles. The molecule has 33 heavy (non-hydrogen) atoms. The van der Waals surface area contributed by atoms with E-state index in [2.05, 4.69) is 33.6 Å². The van der Waals surface area contributed by atoms with Gasteiger partial charge in [-0.25, -0.2) is 9.78 Å². The Morgan fingerprint density at radius 3 is 2.52 bits per heavy atom. The predicted octanol–water partition coefficient (Wildman–Crippen LogP) is 4.52. The highest BCUT2D eigenvalue weighted by atomic mass is 16.5. The average Bonchev–Trinajstić information content (AvgIpc) is 3.28. The minimum absolute atomic E-state index is 0.00581. The highest BCUT2D eigenvalue weighted by molar-refractivity contribution is 5.91. The van der Waals surface area contributed by atoms with Crippen molar-refractivity contribution in [2.45, 2.75) is 51.2 Å². The number of carbonyl (C=O) groups excluding carboxylic acids is 2. The fourth-order valence-corrected chi connectivity index (χ4v) is 4.87. The fraction of sp³-hybridized carbons (Fsp3) is 0.500. The first-order valence-electron chi connectivity index (χ1n) is 12.0. The molecule has 1 aromatic heterocycles. The van der Waals surface area contributed by atoms with E-state index in [-0.39, 0.29) is 18.4 Å². The van der Waals surface area contributed by atoms with E-state index in [0.29, 0.717) is 24.3 Å². The van der Waals surface area contributed by atoms with Gasteiger partial charge in [0.1, 0.15) is 12.4 Å². The molecular formula is C26H34N4O3. The third kappa shape index (κ3) is 6.54. The van der Waals surface area contributed by atoms with E-state index in [1.165, 1.54) is 12.0 Å². The van der Waals surface area contributed by atoms with Crippen molar-refractivity contribution < 1.29 is 14.3 Å². The van der Waals surface area contributed by atoms with E-state index in [0.717, 1.165) is 44.2 Å². The number of nitrogens with zero attached hydrogens (tertiary/aromatic N) is 2. The number of aromatic nitrogens is 1. The molecule has 0 spiro atoms. The molecule has 4 rings (SSSR count). The summed E-state index contributed by atoms with van der Waals surface area (Å²) in [7, 11) is 2.15. The standard InChI is InChI=1S/C26H34N4O3/c1-30-15-5-8-23(30)22-13-14-24(27-17-22)29-25(31)21-11-9-19(10-12-21)16-28-26(32)33-18-20-6-3-2-4-7-20/h2-4,6-7,13-14,17,19,21,23H,5,8-12,15-16,18H2,1H3,(H,28,32)(H,27,29,31)/t19-,21-,23?. The average molecular weight is 451 g/mol. The van der Waals surface area contributed by atoms with Gasteiger partial charge < -0.3 is 15.4 Å². The van der Waals surface area contributed by atoms with Crippen LogP contribution in [0.15, 0.2) is 48.7 Å². The summed E-state index contributed by atoms with van der Waals surface area (Å²) in [4.78, 5) is 31.5. The van der Waals surface area contributed by atoms with Gasteiger partial charge in [-0.1, -0.05) is 36.4 Å². The maximum Gasteiger partial charge on any atom is 0.407 e. The highest BCUT2D eigenvalue weighted by Gasteiger charge is 2.27. The fourth-order valence-electron chi connectivity index (χ4n) is 4.87. The number of ether oxygens (including phenoxy) is 1. The quantitative estimate of drug-likeness (QED) is 0.648. The molecule has 2 amide bonds. The smallest absolute Gasteiger partial charge is 0.407 e. The van der Waals surface area contributed by atoms with Crippen LogP contribution >= 0.6 is 0 Å². The van der Waals surface area contributed by atoms with Gasteiger partial charge in [-0.15, -0.1) is 0 Å². The number of hydrogen-bond acceptors (Lipinski definition) is 5. The molecule has 2 heterocycles. The highest BCUT2D eigenvalue weighted by Crippen LogP contribution is 2.31. The lowest BCUT2D eigenvalue weighted by Crippen LogP contribution is -2.34. The van der Waals surface area contributed by atoms with Gasteiger partial charge in [0.2, 0.25) is 5.91 Å². The van der Waals surface area contributed by atoms with Crippen molar-refractivity contribution in [2.75, 3.05) is 25.5 Å². The summed E-state index contributed by atoms with van der Waals surface area (Å²) in [6, 6.07) is 14.1. The minimum Gasteiger partial charge on any atom is -0.445 e. The zero-order valence-electron chi connectivity index (χ0n) is 19.3. The van der Waals surface area contributed by atoms with Crippen LogP contribution < -0.4 is 10.6 Å². The summed E-state index contributed by atoms with van der Waals surface area (Å²) < 4.78 is 5.27. The predicted molar refractivity (Wildman–Crippen MR) is 128 cm³/mol. The van der Waals surface area contributed by atoms with Gasteiger partial charge in [-0.05, 0) is 75.2 Å². The number of amides is 2. The summed E-state index contributed by atoms with van der Waals surface area (Å²) in [5, 5.41) is 5.85. The number of nitrogens with one attached hydrogen (secondary N) is 2. The first-order valence-corrected chi connectivity index (χ1v) is 12.0. The van der Waals surface area contributed by atoms with Crippen LogP contribution in [-0.2, 0) is 16.1 Å². The van der Waals surface area contributed by atoms with Gasteiger partial charge in [-0.3, -0.25) is 9.69 Å². The van der Waals surface area contributed by atoms with Crippen molar-refractivity contribution in [1.29, 1.82) is 0 Å². The largest absolute Gasteiger partial charge is 0.445 e. The Hall–Kier alpha value is -2.93. The molecule has 2 fully saturated rings. The lowest BCUT2D eigenvalue weighted by Gasteiger charge is -2.27. The Morgan fingerprint density at radius 2 is 1.85 bits per heavy atom. The molecule has 1 atom stereocenters. The van der Waals surface area contributed by atoms with Gasteiger partial charge in [0, 0.05) is 24.7 Å². The second-order valence-corrected chi connectivity index (χ2v) is 9.26. The van der Waals surface area contributed by atoms with Crippen LogP contribution in [0, 0.1) is 11.8 Å². The van der Waals surface area contributed by atoms with Crippen molar-refractivity contribution in [3.8, 4) is 0 Å². The van der Waals surface area contributed by atoms with Crippen LogP contribution in [0.3, 0.4) is 0 Å². The van der Waals surface area contributed by atoms with Gasteiger partial charge in [0.25, 0.3) is 0 Å². The molecule has 1 aromatic carbocycles. The Labute approximate surface area is 195 Å². The number of anilines is 1. The number of likely N-dealkylation sites (tertiary alicyclic amines) is 1. The van der Waals surface area contributed by atoms with E-state index in [1.807, 2.05) is 42.6 Å². The zero-order chi connectivity index (χ0) is 23.0.